The molecule has 0 aliphatic carbocycles. The van der Waals surface area contributed by atoms with E-state index in [-0.39, 0.29) is 18.1 Å². The zero-order chi connectivity index (χ0) is 16.2. The Balaban J connectivity index is 2.78. The van der Waals surface area contributed by atoms with Gasteiger partial charge in [-0.05, 0) is 53.2 Å². The van der Waals surface area contributed by atoms with Gasteiger partial charge in [0, 0.05) is 12.5 Å². The number of aryl methyl sites for hydroxylation is 2. The summed E-state index contributed by atoms with van der Waals surface area (Å²) in [6.45, 7) is 11.9. The van der Waals surface area contributed by atoms with Crippen molar-refractivity contribution < 1.29 is 9.53 Å². The van der Waals surface area contributed by atoms with E-state index in [4.69, 9.17) is 10.5 Å². The number of carbonyl (C=O) groups excluding carboxylic acids is 1. The second kappa shape index (κ2) is 6.94. The zero-order valence-corrected chi connectivity index (χ0v) is 14.0. The lowest BCUT2D eigenvalue weighted by Gasteiger charge is -2.32. The van der Waals surface area contributed by atoms with Gasteiger partial charge in [0.1, 0.15) is 5.75 Å². The molecule has 0 radical (unpaired) electrons. The van der Waals surface area contributed by atoms with E-state index >= 15 is 0 Å². The summed E-state index contributed by atoms with van der Waals surface area (Å²) < 4.78 is 5.98. The molecule has 0 aromatic heterocycles. The third-order valence-electron chi connectivity index (χ3n) is 3.51. The standard InChI is InChI=1S/C17H28N2O2/c1-11(2)19-17(6,16(18)20)10-14(5)21-15-8-7-12(3)9-13(15)4/h7-9,11,14,19H,10H2,1-6H3,(H2,18,20). The van der Waals surface area contributed by atoms with Crippen molar-refractivity contribution in [2.75, 3.05) is 0 Å². The van der Waals surface area contributed by atoms with E-state index < -0.39 is 5.54 Å². The Morgan fingerprint density at radius 1 is 1.33 bits per heavy atom. The molecule has 1 aromatic rings. The smallest absolute Gasteiger partial charge is 0.237 e. The highest BCUT2D eigenvalue weighted by atomic mass is 16.5. The van der Waals surface area contributed by atoms with Crippen LogP contribution in [0.1, 0.15) is 45.2 Å². The first-order chi connectivity index (χ1) is 9.64. The molecule has 4 nitrogen and oxygen atoms in total. The van der Waals surface area contributed by atoms with Gasteiger partial charge in [0.25, 0.3) is 0 Å². The van der Waals surface area contributed by atoms with Crippen LogP contribution in [0.25, 0.3) is 0 Å². The number of amides is 1. The molecule has 2 unspecified atom stereocenters. The van der Waals surface area contributed by atoms with Crippen molar-refractivity contribution in [3.8, 4) is 5.75 Å². The third kappa shape index (κ3) is 5.05. The van der Waals surface area contributed by atoms with Crippen LogP contribution in [0.15, 0.2) is 18.2 Å². The van der Waals surface area contributed by atoms with Gasteiger partial charge in [-0.1, -0.05) is 17.7 Å². The van der Waals surface area contributed by atoms with Crippen LogP contribution in [0.2, 0.25) is 0 Å². The molecule has 0 spiro atoms. The molecule has 0 aliphatic rings. The highest BCUT2D eigenvalue weighted by Gasteiger charge is 2.33. The van der Waals surface area contributed by atoms with Gasteiger partial charge in [-0.15, -0.1) is 0 Å². The molecule has 1 rings (SSSR count). The van der Waals surface area contributed by atoms with Gasteiger partial charge in [0.05, 0.1) is 11.6 Å². The molecule has 1 aromatic carbocycles. The Morgan fingerprint density at radius 3 is 2.43 bits per heavy atom. The van der Waals surface area contributed by atoms with Crippen molar-refractivity contribution in [2.24, 2.45) is 5.73 Å². The summed E-state index contributed by atoms with van der Waals surface area (Å²) in [6.07, 6.45) is 0.406. The summed E-state index contributed by atoms with van der Waals surface area (Å²) >= 11 is 0. The summed E-state index contributed by atoms with van der Waals surface area (Å²) in [5, 5.41) is 3.24. The minimum Gasteiger partial charge on any atom is -0.490 e. The average molecular weight is 292 g/mol. The van der Waals surface area contributed by atoms with Gasteiger partial charge >= 0.3 is 0 Å². The minimum atomic E-state index is -0.772. The second-order valence-corrected chi connectivity index (χ2v) is 6.40. The van der Waals surface area contributed by atoms with Crippen molar-refractivity contribution in [1.29, 1.82) is 0 Å². The Bertz CT molecular complexity index is 500. The molecule has 21 heavy (non-hydrogen) atoms. The number of benzene rings is 1. The third-order valence-corrected chi connectivity index (χ3v) is 3.51. The Morgan fingerprint density at radius 2 is 1.95 bits per heavy atom. The molecular weight excluding hydrogens is 264 g/mol. The molecule has 0 aliphatic heterocycles. The monoisotopic (exact) mass is 292 g/mol. The molecule has 2 atom stereocenters. The first kappa shape index (κ1) is 17.5. The van der Waals surface area contributed by atoms with Crippen molar-refractivity contribution in [3.05, 3.63) is 29.3 Å². The molecule has 0 saturated heterocycles. The summed E-state index contributed by atoms with van der Waals surface area (Å²) in [4.78, 5) is 11.8. The van der Waals surface area contributed by atoms with E-state index in [9.17, 15) is 4.79 Å². The number of carbonyl (C=O) groups is 1. The molecule has 1 amide bonds. The maximum atomic E-state index is 11.8. The molecule has 118 valence electrons. The molecule has 3 N–H and O–H groups in total. The Kier molecular flexibility index (Phi) is 5.78. The van der Waals surface area contributed by atoms with Gasteiger partial charge < -0.3 is 15.8 Å². The molecule has 0 saturated carbocycles. The maximum Gasteiger partial charge on any atom is 0.237 e. The van der Waals surface area contributed by atoms with Crippen LogP contribution in [0.4, 0.5) is 0 Å². The van der Waals surface area contributed by atoms with Crippen LogP contribution < -0.4 is 15.8 Å². The minimum absolute atomic E-state index is 0.116. The number of nitrogens with one attached hydrogen (secondary N) is 1. The van der Waals surface area contributed by atoms with E-state index in [0.29, 0.717) is 6.42 Å². The quantitative estimate of drug-likeness (QED) is 0.812. The Labute approximate surface area is 128 Å². The van der Waals surface area contributed by atoms with Crippen LogP contribution in [-0.4, -0.2) is 23.6 Å². The first-order valence-electron chi connectivity index (χ1n) is 7.45. The van der Waals surface area contributed by atoms with Gasteiger partial charge in [-0.25, -0.2) is 0 Å². The number of ether oxygens (including phenoxy) is 1. The predicted molar refractivity (Wildman–Crippen MR) is 86.5 cm³/mol. The lowest BCUT2D eigenvalue weighted by atomic mass is 9.93. The number of hydrogen-bond donors (Lipinski definition) is 2. The number of nitrogens with two attached hydrogens (primary N) is 1. The molecule has 0 bridgehead atoms. The van der Waals surface area contributed by atoms with E-state index in [1.807, 2.05) is 46.8 Å². The number of primary amides is 1. The zero-order valence-electron chi connectivity index (χ0n) is 14.0. The fourth-order valence-corrected chi connectivity index (χ4v) is 2.63. The number of hydrogen-bond acceptors (Lipinski definition) is 3. The average Bonchev–Trinajstić information content (AvgIpc) is 2.31. The van der Waals surface area contributed by atoms with Crippen LogP contribution in [-0.2, 0) is 4.79 Å². The lowest BCUT2D eigenvalue weighted by molar-refractivity contribution is -0.125. The normalized spacial score (nSPS) is 15.6. The number of rotatable bonds is 7. The predicted octanol–water partition coefficient (Wildman–Crippen LogP) is 2.70. The summed E-state index contributed by atoms with van der Waals surface area (Å²) in [5.41, 5.74) is 7.08. The lowest BCUT2D eigenvalue weighted by Crippen LogP contribution is -2.57. The van der Waals surface area contributed by atoms with E-state index in [2.05, 4.69) is 18.3 Å². The van der Waals surface area contributed by atoms with Crippen LogP contribution in [0.5, 0.6) is 5.75 Å². The van der Waals surface area contributed by atoms with Gasteiger partial charge in [-0.2, -0.15) is 0 Å². The van der Waals surface area contributed by atoms with Gasteiger partial charge in [0.15, 0.2) is 0 Å². The SMILES string of the molecule is Cc1ccc(OC(C)CC(C)(NC(C)C)C(N)=O)c(C)c1. The summed E-state index contributed by atoms with van der Waals surface area (Å²) in [7, 11) is 0. The maximum absolute atomic E-state index is 11.8. The van der Waals surface area contributed by atoms with Gasteiger partial charge in [-0.3, -0.25) is 4.79 Å². The van der Waals surface area contributed by atoms with Gasteiger partial charge in [0.2, 0.25) is 5.91 Å². The van der Waals surface area contributed by atoms with E-state index in [0.717, 1.165) is 11.3 Å². The van der Waals surface area contributed by atoms with E-state index in [1.165, 1.54) is 5.56 Å². The highest BCUT2D eigenvalue weighted by molar-refractivity contribution is 5.84. The van der Waals surface area contributed by atoms with Crippen molar-refractivity contribution >= 4 is 5.91 Å². The Hall–Kier alpha value is -1.55. The van der Waals surface area contributed by atoms with Crippen molar-refractivity contribution in [1.82, 2.24) is 5.32 Å². The molecular formula is C17H28N2O2. The second-order valence-electron chi connectivity index (χ2n) is 6.40. The fraction of sp³-hybridized carbons (Fsp3) is 0.588. The van der Waals surface area contributed by atoms with Crippen molar-refractivity contribution in [3.63, 3.8) is 0 Å². The highest BCUT2D eigenvalue weighted by Crippen LogP contribution is 2.23. The summed E-state index contributed by atoms with van der Waals surface area (Å²) in [5.74, 6) is 0.497. The first-order valence-corrected chi connectivity index (χ1v) is 7.45. The largest absolute Gasteiger partial charge is 0.490 e. The fourth-order valence-electron chi connectivity index (χ4n) is 2.63. The van der Waals surface area contributed by atoms with Crippen molar-refractivity contribution in [2.45, 2.75) is 65.6 Å². The van der Waals surface area contributed by atoms with Crippen LogP contribution >= 0.6 is 0 Å². The van der Waals surface area contributed by atoms with Crippen LogP contribution in [0, 0.1) is 13.8 Å². The van der Waals surface area contributed by atoms with Crippen LogP contribution in [0.3, 0.4) is 0 Å². The topological polar surface area (TPSA) is 64.3 Å². The van der Waals surface area contributed by atoms with E-state index in [1.54, 1.807) is 0 Å². The summed E-state index contributed by atoms with van der Waals surface area (Å²) in [6, 6.07) is 6.26. The molecule has 4 heteroatoms. The molecule has 0 heterocycles. The molecule has 0 fully saturated rings.